The number of nitrogens with zero attached hydrogens (tertiary/aromatic N) is 2. The number of fused-ring (bicyclic) bond motifs is 2. The van der Waals surface area contributed by atoms with E-state index in [1.54, 1.807) is 11.9 Å². The van der Waals surface area contributed by atoms with Gasteiger partial charge in [-0.3, -0.25) is 10.1 Å². The number of rotatable bonds is 0. The second kappa shape index (κ2) is 2.78. The Bertz CT molecular complexity index is 639. The molecule has 3 aliphatic rings. The molecule has 0 aromatic heterocycles. The van der Waals surface area contributed by atoms with E-state index in [0.29, 0.717) is 5.84 Å². The molecule has 90 valence electrons. The molecule has 2 atom stereocenters. The van der Waals surface area contributed by atoms with Crippen LogP contribution in [0.3, 0.4) is 0 Å². The van der Waals surface area contributed by atoms with Crippen LogP contribution in [-0.2, 0) is 9.53 Å². The molecule has 1 aromatic rings. The summed E-state index contributed by atoms with van der Waals surface area (Å²) in [5.74, 6) is -0.0520. The number of hydrogen-bond acceptors (Lipinski definition) is 4. The van der Waals surface area contributed by atoms with E-state index in [9.17, 15) is 9.59 Å². The number of urea groups is 1. The summed E-state index contributed by atoms with van der Waals surface area (Å²) in [6.07, 6.45) is -0.336. The number of amidine groups is 1. The van der Waals surface area contributed by atoms with Gasteiger partial charge in [-0.15, -0.1) is 0 Å². The summed E-state index contributed by atoms with van der Waals surface area (Å²) < 4.78 is 5.59. The highest BCUT2D eigenvalue weighted by molar-refractivity contribution is 6.29. The first-order valence-corrected chi connectivity index (χ1v) is 5.59. The summed E-state index contributed by atoms with van der Waals surface area (Å²) >= 11 is 0. The van der Waals surface area contributed by atoms with Crippen molar-refractivity contribution < 1.29 is 14.3 Å². The van der Waals surface area contributed by atoms with Gasteiger partial charge in [-0.1, -0.05) is 18.2 Å². The number of aliphatic imine (C=N–C) groups is 1. The minimum absolute atomic E-state index is 0.336. The molecular formula is C12H9N3O3. The maximum atomic E-state index is 12.0. The molecule has 1 fully saturated rings. The molecule has 0 unspecified atom stereocenters. The topological polar surface area (TPSA) is 74.3 Å². The van der Waals surface area contributed by atoms with Crippen molar-refractivity contribution in [3.05, 3.63) is 29.8 Å². The maximum absolute atomic E-state index is 12.0. The zero-order chi connectivity index (χ0) is 12.5. The highest BCUT2D eigenvalue weighted by atomic mass is 16.6. The van der Waals surface area contributed by atoms with E-state index in [1.807, 2.05) is 24.3 Å². The predicted molar refractivity (Wildman–Crippen MR) is 62.4 cm³/mol. The Morgan fingerprint density at radius 3 is 3.00 bits per heavy atom. The van der Waals surface area contributed by atoms with E-state index < -0.39 is 17.5 Å². The molecule has 1 saturated heterocycles. The van der Waals surface area contributed by atoms with Gasteiger partial charge in [0.15, 0.2) is 5.84 Å². The SMILES string of the molecule is CN1C2=NC(=O)NC(=O)[C@@]23O[C@H]3c2ccccc21. The number of nitrogens with one attached hydrogen (secondary N) is 1. The van der Waals surface area contributed by atoms with Crippen molar-refractivity contribution in [1.29, 1.82) is 0 Å². The van der Waals surface area contributed by atoms with Crippen LogP contribution in [0.25, 0.3) is 0 Å². The normalized spacial score (nSPS) is 31.9. The number of likely N-dealkylation sites (N-methyl/N-ethyl adjacent to an activating group) is 1. The number of carbonyl (C=O) groups excluding carboxylic acids is 2. The first-order valence-electron chi connectivity index (χ1n) is 5.59. The van der Waals surface area contributed by atoms with Crippen molar-refractivity contribution in [1.82, 2.24) is 5.32 Å². The number of hydrogen-bond donors (Lipinski definition) is 1. The van der Waals surface area contributed by atoms with Crippen molar-refractivity contribution >= 4 is 23.5 Å². The molecule has 18 heavy (non-hydrogen) atoms. The lowest BCUT2D eigenvalue weighted by Crippen LogP contribution is -2.57. The summed E-state index contributed by atoms with van der Waals surface area (Å²) in [6, 6.07) is 7.00. The lowest BCUT2D eigenvalue weighted by molar-refractivity contribution is -0.123. The Labute approximate surface area is 102 Å². The third kappa shape index (κ3) is 0.910. The van der Waals surface area contributed by atoms with E-state index in [1.165, 1.54) is 0 Å². The van der Waals surface area contributed by atoms with Crippen molar-refractivity contribution in [2.45, 2.75) is 11.7 Å². The number of benzene rings is 1. The monoisotopic (exact) mass is 243 g/mol. The number of carbonyl (C=O) groups is 2. The van der Waals surface area contributed by atoms with Crippen LogP contribution in [-0.4, -0.2) is 30.4 Å². The number of amides is 3. The standard InChI is InChI=1S/C12H9N3O3/c1-15-7-5-3-2-4-6(7)8-12(18-8)9(15)13-11(17)14-10(12)16/h2-5,8H,1H3,(H,14,16,17)/t8-,12-/m0/s1. The fourth-order valence-electron chi connectivity index (χ4n) is 2.73. The van der Waals surface area contributed by atoms with Crippen LogP contribution in [0, 0.1) is 0 Å². The van der Waals surface area contributed by atoms with Crippen molar-refractivity contribution in [3.63, 3.8) is 0 Å². The second-order valence-corrected chi connectivity index (χ2v) is 4.55. The van der Waals surface area contributed by atoms with Crippen LogP contribution in [0.5, 0.6) is 0 Å². The summed E-state index contributed by atoms with van der Waals surface area (Å²) in [4.78, 5) is 29.0. The lowest BCUT2D eigenvalue weighted by Gasteiger charge is -2.32. The van der Waals surface area contributed by atoms with Gasteiger partial charge in [0.25, 0.3) is 5.91 Å². The Hall–Kier alpha value is -2.21. The summed E-state index contributed by atoms with van der Waals surface area (Å²) in [6.45, 7) is 0. The smallest absolute Gasteiger partial charge is 0.343 e. The molecule has 6 nitrogen and oxygen atoms in total. The molecule has 4 rings (SSSR count). The molecule has 1 aromatic carbocycles. The lowest BCUT2D eigenvalue weighted by atomic mass is 9.90. The number of ether oxygens (including phenoxy) is 1. The third-order valence-electron chi connectivity index (χ3n) is 3.61. The second-order valence-electron chi connectivity index (χ2n) is 4.55. The van der Waals surface area contributed by atoms with Gasteiger partial charge >= 0.3 is 6.03 Å². The third-order valence-corrected chi connectivity index (χ3v) is 3.61. The number of imide groups is 1. The molecule has 1 N–H and O–H groups in total. The van der Waals surface area contributed by atoms with Crippen LogP contribution in [0.15, 0.2) is 29.3 Å². The fourth-order valence-corrected chi connectivity index (χ4v) is 2.73. The fraction of sp³-hybridized carbons (Fsp3) is 0.250. The first kappa shape index (κ1) is 9.78. The molecule has 3 aliphatic heterocycles. The van der Waals surface area contributed by atoms with Crippen molar-refractivity contribution in [3.8, 4) is 0 Å². The molecule has 0 bridgehead atoms. The molecule has 0 radical (unpaired) electrons. The van der Waals surface area contributed by atoms with Gasteiger partial charge in [-0.05, 0) is 6.07 Å². The van der Waals surface area contributed by atoms with E-state index in [4.69, 9.17) is 4.74 Å². The molecule has 0 saturated carbocycles. The van der Waals surface area contributed by atoms with E-state index in [2.05, 4.69) is 10.3 Å². The molecular weight excluding hydrogens is 234 g/mol. The Kier molecular flexibility index (Phi) is 1.51. The van der Waals surface area contributed by atoms with E-state index in [0.717, 1.165) is 11.3 Å². The van der Waals surface area contributed by atoms with Gasteiger partial charge in [-0.2, -0.15) is 4.99 Å². The van der Waals surface area contributed by atoms with Crippen LogP contribution in [0.2, 0.25) is 0 Å². The van der Waals surface area contributed by atoms with Crippen molar-refractivity contribution in [2.75, 3.05) is 11.9 Å². The van der Waals surface area contributed by atoms with Crippen molar-refractivity contribution in [2.24, 2.45) is 4.99 Å². The Morgan fingerprint density at radius 2 is 2.17 bits per heavy atom. The zero-order valence-electron chi connectivity index (χ0n) is 9.51. The summed E-state index contributed by atoms with van der Waals surface area (Å²) in [5, 5.41) is 2.19. The summed E-state index contributed by atoms with van der Waals surface area (Å²) in [7, 11) is 1.78. The van der Waals surface area contributed by atoms with Crippen LogP contribution < -0.4 is 10.2 Å². The molecule has 6 heteroatoms. The van der Waals surface area contributed by atoms with Crippen LogP contribution >= 0.6 is 0 Å². The Balaban J connectivity index is 1.98. The first-order chi connectivity index (χ1) is 8.64. The van der Waals surface area contributed by atoms with E-state index in [-0.39, 0.29) is 6.10 Å². The number of anilines is 1. The summed E-state index contributed by atoms with van der Waals surface area (Å²) in [5.41, 5.74) is 0.761. The van der Waals surface area contributed by atoms with Gasteiger partial charge in [0, 0.05) is 18.3 Å². The van der Waals surface area contributed by atoms with Gasteiger partial charge in [0.05, 0.1) is 0 Å². The van der Waals surface area contributed by atoms with Gasteiger partial charge < -0.3 is 9.64 Å². The highest BCUT2D eigenvalue weighted by Gasteiger charge is 2.72. The minimum atomic E-state index is -1.10. The Morgan fingerprint density at radius 1 is 1.39 bits per heavy atom. The largest absolute Gasteiger partial charge is 0.349 e. The average molecular weight is 243 g/mol. The highest BCUT2D eigenvalue weighted by Crippen LogP contribution is 2.57. The number of epoxide rings is 1. The zero-order valence-corrected chi connectivity index (χ0v) is 9.51. The quantitative estimate of drug-likeness (QED) is 0.677. The maximum Gasteiger partial charge on any atom is 0.349 e. The molecule has 3 amide bonds. The van der Waals surface area contributed by atoms with Crippen LogP contribution in [0.1, 0.15) is 11.7 Å². The van der Waals surface area contributed by atoms with Gasteiger partial charge in [0.1, 0.15) is 6.10 Å². The van der Waals surface area contributed by atoms with Gasteiger partial charge in [-0.25, -0.2) is 4.79 Å². The number of para-hydroxylation sites is 1. The van der Waals surface area contributed by atoms with Gasteiger partial charge in [0.2, 0.25) is 5.60 Å². The van der Waals surface area contributed by atoms with E-state index >= 15 is 0 Å². The predicted octanol–water partition coefficient (Wildman–Crippen LogP) is 0.595. The average Bonchev–Trinajstić information content (AvgIpc) is 3.10. The molecule has 3 heterocycles. The molecule has 0 aliphatic carbocycles. The minimum Gasteiger partial charge on any atom is -0.343 e. The molecule has 1 spiro atoms. The van der Waals surface area contributed by atoms with Crippen LogP contribution in [0.4, 0.5) is 10.5 Å².